The SMILES string of the molecule is CCn1c(Oc2ccc3cc[nH]c3c2)nnc1[C@@H](C)NS(=O)(=O)c1c(Cl)cccc1Cl. The summed E-state index contributed by atoms with van der Waals surface area (Å²) in [7, 11) is -4.00. The van der Waals surface area contributed by atoms with E-state index in [-0.39, 0.29) is 21.0 Å². The maximum absolute atomic E-state index is 12.9. The minimum Gasteiger partial charge on any atom is -0.424 e. The zero-order chi connectivity index (χ0) is 22.2. The second kappa shape index (κ2) is 8.51. The fourth-order valence-electron chi connectivity index (χ4n) is 3.27. The van der Waals surface area contributed by atoms with E-state index < -0.39 is 16.1 Å². The van der Waals surface area contributed by atoms with E-state index in [1.54, 1.807) is 17.6 Å². The highest BCUT2D eigenvalue weighted by molar-refractivity contribution is 7.89. The quantitative estimate of drug-likeness (QED) is 0.391. The van der Waals surface area contributed by atoms with Crippen molar-refractivity contribution in [3.05, 3.63) is 64.5 Å². The largest absolute Gasteiger partial charge is 0.424 e. The molecule has 2 heterocycles. The van der Waals surface area contributed by atoms with Crippen molar-refractivity contribution in [2.45, 2.75) is 31.3 Å². The molecule has 162 valence electrons. The van der Waals surface area contributed by atoms with E-state index in [4.69, 9.17) is 27.9 Å². The maximum atomic E-state index is 12.9. The number of ether oxygens (including phenoxy) is 1. The van der Waals surface area contributed by atoms with Gasteiger partial charge >= 0.3 is 6.01 Å². The standard InChI is InChI=1S/C20H19Cl2N5O3S/c1-3-27-19(12(2)26-31(28,29)18-15(21)5-4-6-16(18)22)24-25-20(27)30-14-8-7-13-9-10-23-17(13)11-14/h4-12,23,26H,3H2,1-2H3/t12-/m1/s1. The first-order valence-electron chi connectivity index (χ1n) is 9.44. The Bertz CT molecular complexity index is 1330. The summed E-state index contributed by atoms with van der Waals surface area (Å²) in [5.74, 6) is 0.977. The Morgan fingerprint density at radius 3 is 2.61 bits per heavy atom. The third-order valence-corrected chi connectivity index (χ3v) is 7.20. The van der Waals surface area contributed by atoms with Gasteiger partial charge in [-0.2, -0.15) is 0 Å². The molecule has 0 spiro atoms. The first-order chi connectivity index (χ1) is 14.8. The Hall–Kier alpha value is -2.59. The van der Waals surface area contributed by atoms with Gasteiger partial charge in [0, 0.05) is 24.3 Å². The van der Waals surface area contributed by atoms with Crippen molar-refractivity contribution in [1.82, 2.24) is 24.5 Å². The number of fused-ring (bicyclic) bond motifs is 1. The van der Waals surface area contributed by atoms with E-state index >= 15 is 0 Å². The molecule has 0 saturated heterocycles. The lowest BCUT2D eigenvalue weighted by molar-refractivity contribution is 0.408. The number of halogens is 2. The lowest BCUT2D eigenvalue weighted by Gasteiger charge is -2.16. The van der Waals surface area contributed by atoms with Gasteiger partial charge in [0.25, 0.3) is 0 Å². The van der Waals surface area contributed by atoms with E-state index in [1.165, 1.54) is 12.1 Å². The third kappa shape index (κ3) is 4.27. The van der Waals surface area contributed by atoms with E-state index in [0.717, 1.165) is 10.9 Å². The first-order valence-corrected chi connectivity index (χ1v) is 11.7. The molecule has 0 aliphatic carbocycles. The van der Waals surface area contributed by atoms with Crippen LogP contribution in [0, 0.1) is 0 Å². The summed E-state index contributed by atoms with van der Waals surface area (Å²) in [6.45, 7) is 4.02. The molecule has 0 radical (unpaired) electrons. The van der Waals surface area contributed by atoms with Gasteiger partial charge in [-0.1, -0.05) is 34.4 Å². The van der Waals surface area contributed by atoms with Gasteiger partial charge in [-0.25, -0.2) is 13.1 Å². The summed E-state index contributed by atoms with van der Waals surface area (Å²) >= 11 is 12.1. The van der Waals surface area contributed by atoms with Gasteiger partial charge in [0.2, 0.25) is 10.0 Å². The predicted octanol–water partition coefficient (Wildman–Crippen LogP) is 4.92. The molecule has 0 amide bonds. The summed E-state index contributed by atoms with van der Waals surface area (Å²) in [5.41, 5.74) is 0.929. The average molecular weight is 480 g/mol. The summed E-state index contributed by atoms with van der Waals surface area (Å²) < 4.78 is 35.9. The van der Waals surface area contributed by atoms with Crippen molar-refractivity contribution in [2.24, 2.45) is 0 Å². The van der Waals surface area contributed by atoms with Crippen molar-refractivity contribution in [2.75, 3.05) is 0 Å². The van der Waals surface area contributed by atoms with Gasteiger partial charge in [0.1, 0.15) is 10.6 Å². The molecule has 0 unspecified atom stereocenters. The normalized spacial score (nSPS) is 12.9. The van der Waals surface area contributed by atoms with E-state index in [1.807, 2.05) is 37.4 Å². The van der Waals surface area contributed by atoms with Crippen LogP contribution < -0.4 is 9.46 Å². The highest BCUT2D eigenvalue weighted by Crippen LogP contribution is 2.31. The molecule has 0 aliphatic heterocycles. The number of benzene rings is 2. The molecule has 0 bridgehead atoms. The van der Waals surface area contributed by atoms with Crippen LogP contribution in [0.25, 0.3) is 10.9 Å². The molecule has 2 aromatic carbocycles. The number of nitrogens with one attached hydrogen (secondary N) is 2. The monoisotopic (exact) mass is 479 g/mol. The number of aromatic nitrogens is 4. The zero-order valence-corrected chi connectivity index (χ0v) is 19.0. The fourth-order valence-corrected chi connectivity index (χ4v) is 5.62. The van der Waals surface area contributed by atoms with Crippen molar-refractivity contribution >= 4 is 44.1 Å². The van der Waals surface area contributed by atoms with Crippen LogP contribution in [0.2, 0.25) is 10.0 Å². The van der Waals surface area contributed by atoms with E-state index in [9.17, 15) is 8.42 Å². The number of sulfonamides is 1. The van der Waals surface area contributed by atoms with Crippen molar-refractivity contribution in [1.29, 1.82) is 0 Å². The minimum absolute atomic E-state index is 0.0351. The zero-order valence-electron chi connectivity index (χ0n) is 16.6. The van der Waals surface area contributed by atoms with Crippen LogP contribution in [-0.4, -0.2) is 28.2 Å². The molecule has 31 heavy (non-hydrogen) atoms. The lowest BCUT2D eigenvalue weighted by Crippen LogP contribution is -2.29. The Balaban J connectivity index is 1.60. The molecule has 2 N–H and O–H groups in total. The molecular weight excluding hydrogens is 461 g/mol. The Morgan fingerprint density at radius 2 is 1.90 bits per heavy atom. The first kappa shape index (κ1) is 21.6. The predicted molar refractivity (Wildman–Crippen MR) is 119 cm³/mol. The van der Waals surface area contributed by atoms with Crippen molar-refractivity contribution in [3.8, 4) is 11.8 Å². The highest BCUT2D eigenvalue weighted by atomic mass is 35.5. The Labute approximate surface area is 189 Å². The number of hydrogen-bond acceptors (Lipinski definition) is 5. The molecule has 4 aromatic rings. The van der Waals surface area contributed by atoms with Crippen molar-refractivity contribution < 1.29 is 13.2 Å². The molecule has 0 saturated carbocycles. The van der Waals surface area contributed by atoms with Crippen LogP contribution in [-0.2, 0) is 16.6 Å². The van der Waals surface area contributed by atoms with Gasteiger partial charge < -0.3 is 9.72 Å². The van der Waals surface area contributed by atoms with Crippen LogP contribution in [0.1, 0.15) is 25.7 Å². The second-order valence-electron chi connectivity index (χ2n) is 6.81. The summed E-state index contributed by atoms with van der Waals surface area (Å²) in [4.78, 5) is 2.95. The molecule has 4 rings (SSSR count). The molecule has 2 aromatic heterocycles. The topological polar surface area (TPSA) is 102 Å². The van der Waals surface area contributed by atoms with Gasteiger partial charge in [0.15, 0.2) is 5.82 Å². The maximum Gasteiger partial charge on any atom is 0.322 e. The highest BCUT2D eigenvalue weighted by Gasteiger charge is 2.27. The van der Waals surface area contributed by atoms with E-state index in [0.29, 0.717) is 18.1 Å². The summed E-state index contributed by atoms with van der Waals surface area (Å²) in [6.07, 6.45) is 1.85. The molecule has 1 atom stereocenters. The molecular formula is C20H19Cl2N5O3S. The minimum atomic E-state index is -4.00. The van der Waals surface area contributed by atoms with Crippen LogP contribution in [0.4, 0.5) is 0 Å². The van der Waals surface area contributed by atoms with Crippen LogP contribution in [0.15, 0.2) is 53.6 Å². The smallest absolute Gasteiger partial charge is 0.322 e. The molecule has 11 heteroatoms. The molecule has 8 nitrogen and oxygen atoms in total. The number of nitrogens with zero attached hydrogens (tertiary/aromatic N) is 3. The lowest BCUT2D eigenvalue weighted by atomic mass is 10.2. The number of H-pyrrole nitrogens is 1. The van der Waals surface area contributed by atoms with E-state index in [2.05, 4.69) is 19.9 Å². The number of hydrogen-bond donors (Lipinski definition) is 2. The van der Waals surface area contributed by atoms with Crippen molar-refractivity contribution in [3.63, 3.8) is 0 Å². The van der Waals surface area contributed by atoms with Crippen LogP contribution in [0.3, 0.4) is 0 Å². The molecule has 0 fully saturated rings. The Kier molecular flexibility index (Phi) is 5.94. The summed E-state index contributed by atoms with van der Waals surface area (Å²) in [5, 5.41) is 9.38. The van der Waals surface area contributed by atoms with Gasteiger partial charge in [-0.15, -0.1) is 5.10 Å². The number of rotatable bonds is 7. The average Bonchev–Trinajstić information content (AvgIpc) is 3.33. The third-order valence-electron chi connectivity index (χ3n) is 4.70. The van der Waals surface area contributed by atoms with Gasteiger partial charge in [-0.3, -0.25) is 4.57 Å². The van der Waals surface area contributed by atoms with Crippen LogP contribution >= 0.6 is 23.2 Å². The van der Waals surface area contributed by atoms with Gasteiger partial charge in [0.05, 0.1) is 16.1 Å². The second-order valence-corrected chi connectivity index (χ2v) is 9.27. The summed E-state index contributed by atoms with van der Waals surface area (Å²) in [6, 6.07) is 11.6. The Morgan fingerprint density at radius 1 is 1.16 bits per heavy atom. The van der Waals surface area contributed by atoms with Crippen LogP contribution in [0.5, 0.6) is 11.8 Å². The fraction of sp³-hybridized carbons (Fsp3) is 0.200. The molecule has 0 aliphatic rings. The number of aromatic amines is 1. The van der Waals surface area contributed by atoms with Gasteiger partial charge in [-0.05, 0) is 49.6 Å².